The van der Waals surface area contributed by atoms with Gasteiger partial charge in [-0.15, -0.1) is 0 Å². The van der Waals surface area contributed by atoms with Gasteiger partial charge in [0.1, 0.15) is 17.7 Å². The lowest BCUT2D eigenvalue weighted by atomic mass is 10.0. The largest absolute Gasteiger partial charge is 0.346 e. The third-order valence-electron chi connectivity index (χ3n) is 5.23. The van der Waals surface area contributed by atoms with Gasteiger partial charge in [-0.25, -0.2) is 22.6 Å². The van der Waals surface area contributed by atoms with Gasteiger partial charge in [-0.1, -0.05) is 17.7 Å². The molecule has 2 aliphatic heterocycles. The van der Waals surface area contributed by atoms with Gasteiger partial charge in [-0.05, 0) is 30.5 Å². The molecule has 1 amide bonds. The molecular weight excluding hydrogens is 397 g/mol. The van der Waals surface area contributed by atoms with E-state index in [2.05, 4.69) is 5.10 Å². The van der Waals surface area contributed by atoms with E-state index in [9.17, 15) is 22.8 Å². The summed E-state index contributed by atoms with van der Waals surface area (Å²) in [6, 6.07) is 3.30. The van der Waals surface area contributed by atoms with Crippen molar-refractivity contribution >= 4 is 17.5 Å². The molecule has 1 aromatic heterocycles. The summed E-state index contributed by atoms with van der Waals surface area (Å²) >= 11 is 5.78. The molecule has 2 aromatic rings. The second kappa shape index (κ2) is 7.27. The fourth-order valence-electron chi connectivity index (χ4n) is 3.79. The molecule has 2 aliphatic rings. The highest BCUT2D eigenvalue weighted by Gasteiger charge is 2.40. The van der Waals surface area contributed by atoms with Crippen molar-refractivity contribution in [3.05, 3.63) is 50.9 Å². The van der Waals surface area contributed by atoms with Crippen molar-refractivity contribution in [1.82, 2.24) is 19.2 Å². The Morgan fingerprint density at radius 2 is 1.96 bits per heavy atom. The van der Waals surface area contributed by atoms with Crippen LogP contribution < -0.4 is 5.69 Å². The first-order chi connectivity index (χ1) is 13.3. The van der Waals surface area contributed by atoms with Crippen LogP contribution in [0.15, 0.2) is 23.0 Å². The Morgan fingerprint density at radius 3 is 2.64 bits per heavy atom. The van der Waals surface area contributed by atoms with Crippen LogP contribution in [-0.2, 0) is 17.8 Å². The number of benzene rings is 1. The number of hydrogen-bond donors (Lipinski definition) is 0. The number of aromatic nitrogens is 3. The summed E-state index contributed by atoms with van der Waals surface area (Å²) in [5, 5.41) is 4.24. The fraction of sp³-hybridized carbons (Fsp3) is 0.500. The third kappa shape index (κ3) is 3.32. The Hall–Kier alpha value is -2.29. The number of likely N-dealkylation sites (tertiary alicyclic amines) is 1. The maximum Gasteiger partial charge on any atom is 0.346 e. The number of alkyl halides is 2. The molecule has 0 saturated carbocycles. The Bertz CT molecular complexity index is 966. The van der Waals surface area contributed by atoms with E-state index in [0.29, 0.717) is 30.7 Å². The molecular formula is C18H18ClF3N4O2. The molecule has 3 heterocycles. The minimum Gasteiger partial charge on any atom is -0.335 e. The predicted octanol–water partition coefficient (Wildman–Crippen LogP) is 2.28. The molecule has 1 saturated heterocycles. The van der Waals surface area contributed by atoms with Crippen molar-refractivity contribution in [1.29, 1.82) is 0 Å². The number of halogens is 4. The summed E-state index contributed by atoms with van der Waals surface area (Å²) in [5.41, 5.74) is 0.105. The van der Waals surface area contributed by atoms with Gasteiger partial charge in [0.2, 0.25) is 5.91 Å². The fourth-order valence-corrected chi connectivity index (χ4v) is 4.00. The maximum atomic E-state index is 13.5. The lowest BCUT2D eigenvalue weighted by Gasteiger charge is -2.26. The number of amides is 1. The molecule has 0 radical (unpaired) electrons. The van der Waals surface area contributed by atoms with Crippen LogP contribution in [-0.4, -0.2) is 50.6 Å². The quantitative estimate of drug-likeness (QED) is 0.774. The SMILES string of the molecule is O=C(C1CCCc2nn(Cc3ccc(F)c(Cl)c3)c(=O)n21)N1CC(F)C(F)C1. The molecule has 6 nitrogen and oxygen atoms in total. The molecule has 0 N–H and O–H groups in total. The molecule has 3 unspecified atom stereocenters. The van der Waals surface area contributed by atoms with Crippen LogP contribution in [0.2, 0.25) is 5.02 Å². The van der Waals surface area contributed by atoms with Crippen molar-refractivity contribution in [2.45, 2.75) is 44.2 Å². The summed E-state index contributed by atoms with van der Waals surface area (Å²) in [4.78, 5) is 26.8. The zero-order chi connectivity index (χ0) is 20.0. The molecule has 1 aromatic carbocycles. The van der Waals surface area contributed by atoms with Gasteiger partial charge in [0.25, 0.3) is 0 Å². The van der Waals surface area contributed by atoms with Crippen molar-refractivity contribution in [3.63, 3.8) is 0 Å². The highest BCUT2D eigenvalue weighted by molar-refractivity contribution is 6.30. The van der Waals surface area contributed by atoms with Gasteiger partial charge >= 0.3 is 5.69 Å². The molecule has 4 rings (SSSR count). The molecule has 0 spiro atoms. The van der Waals surface area contributed by atoms with E-state index in [1.807, 2.05) is 0 Å². The summed E-state index contributed by atoms with van der Waals surface area (Å²) in [5.74, 6) is -0.568. The van der Waals surface area contributed by atoms with Gasteiger partial charge in [0.15, 0.2) is 12.3 Å². The first-order valence-corrected chi connectivity index (χ1v) is 9.42. The van der Waals surface area contributed by atoms with Crippen LogP contribution in [0.3, 0.4) is 0 Å². The monoisotopic (exact) mass is 414 g/mol. The van der Waals surface area contributed by atoms with Gasteiger partial charge in [-0.3, -0.25) is 9.36 Å². The van der Waals surface area contributed by atoms with E-state index in [1.165, 1.54) is 27.4 Å². The Balaban J connectivity index is 1.62. The number of carbonyl (C=O) groups excluding carboxylic acids is 1. The highest BCUT2D eigenvalue weighted by Crippen LogP contribution is 2.27. The summed E-state index contributed by atoms with van der Waals surface area (Å²) in [6.07, 6.45) is -1.83. The average Bonchev–Trinajstić information content (AvgIpc) is 3.17. The second-order valence-electron chi connectivity index (χ2n) is 7.16. The summed E-state index contributed by atoms with van der Waals surface area (Å²) in [6.45, 7) is -0.534. The Kier molecular flexibility index (Phi) is 4.95. The third-order valence-corrected chi connectivity index (χ3v) is 5.52. The van der Waals surface area contributed by atoms with Gasteiger partial charge in [0.05, 0.1) is 24.7 Å². The normalized spacial score (nSPS) is 24.4. The molecule has 0 bridgehead atoms. The van der Waals surface area contributed by atoms with Crippen LogP contribution >= 0.6 is 11.6 Å². The zero-order valence-corrected chi connectivity index (χ0v) is 15.6. The van der Waals surface area contributed by atoms with E-state index >= 15 is 0 Å². The molecule has 10 heteroatoms. The van der Waals surface area contributed by atoms with Crippen molar-refractivity contribution in [2.24, 2.45) is 0 Å². The topological polar surface area (TPSA) is 60.1 Å². The Labute approximate surface area is 163 Å². The maximum absolute atomic E-state index is 13.5. The first kappa shape index (κ1) is 19.0. The molecule has 3 atom stereocenters. The van der Waals surface area contributed by atoms with Crippen molar-refractivity contribution in [2.75, 3.05) is 13.1 Å². The van der Waals surface area contributed by atoms with E-state index < -0.39 is 35.8 Å². The zero-order valence-electron chi connectivity index (χ0n) is 14.8. The van der Waals surface area contributed by atoms with Crippen LogP contribution in [0.25, 0.3) is 0 Å². The molecule has 28 heavy (non-hydrogen) atoms. The predicted molar refractivity (Wildman–Crippen MR) is 95.3 cm³/mol. The number of carbonyl (C=O) groups is 1. The van der Waals surface area contributed by atoms with E-state index in [1.54, 1.807) is 0 Å². The highest BCUT2D eigenvalue weighted by atomic mass is 35.5. The first-order valence-electron chi connectivity index (χ1n) is 9.04. The summed E-state index contributed by atoms with van der Waals surface area (Å²) < 4.78 is 42.8. The second-order valence-corrected chi connectivity index (χ2v) is 7.57. The van der Waals surface area contributed by atoms with Gasteiger partial charge < -0.3 is 4.90 Å². The molecule has 0 aliphatic carbocycles. The standard InChI is InChI=1S/C18H18ClF3N4O2/c19-11-6-10(4-5-12(11)20)7-25-18(28)26-15(2-1-3-16(26)23-25)17(27)24-8-13(21)14(22)9-24/h4-6,13-15H,1-3,7-9H2. The van der Waals surface area contributed by atoms with Crippen molar-refractivity contribution in [3.8, 4) is 0 Å². The number of rotatable bonds is 3. The van der Waals surface area contributed by atoms with Crippen LogP contribution in [0.4, 0.5) is 13.2 Å². The molecule has 150 valence electrons. The van der Waals surface area contributed by atoms with Crippen molar-refractivity contribution < 1.29 is 18.0 Å². The van der Waals surface area contributed by atoms with Crippen LogP contribution in [0.5, 0.6) is 0 Å². The van der Waals surface area contributed by atoms with E-state index in [0.717, 1.165) is 4.90 Å². The number of aryl methyl sites for hydroxylation is 1. The lowest BCUT2D eigenvalue weighted by Crippen LogP contribution is -2.42. The van der Waals surface area contributed by atoms with Crippen LogP contribution in [0, 0.1) is 5.82 Å². The minimum atomic E-state index is -1.70. The number of hydrogen-bond acceptors (Lipinski definition) is 3. The summed E-state index contributed by atoms with van der Waals surface area (Å²) in [7, 11) is 0. The van der Waals surface area contributed by atoms with Crippen LogP contribution in [0.1, 0.15) is 30.3 Å². The van der Waals surface area contributed by atoms with E-state index in [-0.39, 0.29) is 24.7 Å². The number of nitrogens with zero attached hydrogens (tertiary/aromatic N) is 4. The Morgan fingerprint density at radius 1 is 1.25 bits per heavy atom. The smallest absolute Gasteiger partial charge is 0.335 e. The van der Waals surface area contributed by atoms with Gasteiger partial charge in [0, 0.05) is 6.42 Å². The van der Waals surface area contributed by atoms with E-state index in [4.69, 9.17) is 11.6 Å². The van der Waals surface area contributed by atoms with Gasteiger partial charge in [-0.2, -0.15) is 5.10 Å². The molecule has 1 fully saturated rings. The minimum absolute atomic E-state index is 0.0573. The lowest BCUT2D eigenvalue weighted by molar-refractivity contribution is -0.134. The number of fused-ring (bicyclic) bond motifs is 1. The average molecular weight is 415 g/mol.